The van der Waals surface area contributed by atoms with Gasteiger partial charge in [-0.2, -0.15) is 0 Å². The first-order valence-electron chi connectivity index (χ1n) is 10.0. The molecule has 0 saturated carbocycles. The maximum Gasteiger partial charge on any atom is 0.193 e. The van der Waals surface area contributed by atoms with Gasteiger partial charge in [0.25, 0.3) is 0 Å². The number of halogens is 1. The predicted octanol–water partition coefficient (Wildman–Crippen LogP) is 2.85. The number of fused-ring (bicyclic) bond motifs is 1. The van der Waals surface area contributed by atoms with Crippen molar-refractivity contribution in [3.8, 4) is 17.2 Å². The largest absolute Gasteiger partial charge is 0.495 e. The van der Waals surface area contributed by atoms with E-state index in [1.165, 1.54) is 0 Å². The molecule has 0 aliphatic carbocycles. The first kappa shape index (κ1) is 22.3. The molecule has 1 unspecified atom stereocenters. The molecule has 0 spiro atoms. The summed E-state index contributed by atoms with van der Waals surface area (Å²) in [6, 6.07) is 15.9. The topological polar surface area (TPSA) is 58.6 Å². The zero-order valence-electron chi connectivity index (χ0n) is 17.4. The molecule has 2 aromatic carbocycles. The number of para-hydroxylation sites is 4. The number of guanidine groups is 1. The molecule has 0 amide bonds. The Hall–Kier alpha value is -2.36. The maximum atomic E-state index is 6.03. The van der Waals surface area contributed by atoms with Gasteiger partial charge in [-0.1, -0.05) is 24.3 Å². The molecule has 0 radical (unpaired) electrons. The van der Waals surface area contributed by atoms with Gasteiger partial charge in [0, 0.05) is 33.2 Å². The third kappa shape index (κ3) is 5.03. The molecule has 2 aromatic rings. The zero-order chi connectivity index (χ0) is 20.1. The molecule has 30 heavy (non-hydrogen) atoms. The van der Waals surface area contributed by atoms with Crippen molar-refractivity contribution in [2.45, 2.75) is 6.10 Å². The highest BCUT2D eigenvalue weighted by atomic mass is 127. The Bertz CT molecular complexity index is 856. The van der Waals surface area contributed by atoms with Gasteiger partial charge in [0.2, 0.25) is 0 Å². The number of aliphatic imine (C=N–C) groups is 1. The number of nitrogens with zero attached hydrogens (tertiary/aromatic N) is 3. The van der Waals surface area contributed by atoms with Crippen molar-refractivity contribution in [1.29, 1.82) is 0 Å². The Morgan fingerprint density at radius 1 is 1.07 bits per heavy atom. The van der Waals surface area contributed by atoms with E-state index in [1.54, 1.807) is 7.11 Å². The van der Waals surface area contributed by atoms with Gasteiger partial charge in [-0.15, -0.1) is 24.0 Å². The standard InChI is InChI=1S/C22H28N4O3.HI/c1-23-22(24-15-17-16-28-20-9-5-6-10-21(20)29-17)26-13-11-25(12-14-26)18-7-3-4-8-19(18)27-2;/h3-10,17H,11-16H2,1-2H3,(H,23,24);1H. The summed E-state index contributed by atoms with van der Waals surface area (Å²) < 4.78 is 17.3. The molecular weight excluding hydrogens is 495 g/mol. The van der Waals surface area contributed by atoms with E-state index < -0.39 is 0 Å². The Morgan fingerprint density at radius 2 is 1.77 bits per heavy atom. The quantitative estimate of drug-likeness (QED) is 0.377. The van der Waals surface area contributed by atoms with E-state index in [9.17, 15) is 0 Å². The molecule has 0 aromatic heterocycles. The van der Waals surface area contributed by atoms with Crippen LogP contribution in [0.4, 0.5) is 5.69 Å². The van der Waals surface area contributed by atoms with Crippen molar-refractivity contribution in [3.63, 3.8) is 0 Å². The lowest BCUT2D eigenvalue weighted by Crippen LogP contribution is -2.54. The van der Waals surface area contributed by atoms with E-state index in [4.69, 9.17) is 14.2 Å². The molecule has 1 N–H and O–H groups in total. The molecule has 162 valence electrons. The molecule has 2 aliphatic rings. The minimum atomic E-state index is -0.0449. The van der Waals surface area contributed by atoms with E-state index in [0.29, 0.717) is 13.2 Å². The van der Waals surface area contributed by atoms with Crippen molar-refractivity contribution in [2.75, 3.05) is 58.4 Å². The lowest BCUT2D eigenvalue weighted by molar-refractivity contribution is 0.0930. The van der Waals surface area contributed by atoms with E-state index >= 15 is 0 Å². The normalized spacial score (nSPS) is 18.5. The molecule has 2 heterocycles. The third-order valence-electron chi connectivity index (χ3n) is 5.27. The zero-order valence-corrected chi connectivity index (χ0v) is 19.7. The number of anilines is 1. The lowest BCUT2D eigenvalue weighted by Gasteiger charge is -2.38. The number of rotatable bonds is 4. The Kier molecular flexibility index (Phi) is 7.89. The van der Waals surface area contributed by atoms with Gasteiger partial charge in [0.1, 0.15) is 18.5 Å². The van der Waals surface area contributed by atoms with Crippen LogP contribution in [0.3, 0.4) is 0 Å². The van der Waals surface area contributed by atoms with Crippen LogP contribution in [0.5, 0.6) is 17.2 Å². The van der Waals surface area contributed by atoms with Crippen LogP contribution >= 0.6 is 24.0 Å². The summed E-state index contributed by atoms with van der Waals surface area (Å²) in [7, 11) is 3.54. The predicted molar refractivity (Wildman–Crippen MR) is 130 cm³/mol. The summed E-state index contributed by atoms with van der Waals surface area (Å²) in [6.07, 6.45) is -0.0449. The summed E-state index contributed by atoms with van der Waals surface area (Å²) in [5, 5.41) is 3.44. The van der Waals surface area contributed by atoms with Crippen molar-refractivity contribution in [3.05, 3.63) is 48.5 Å². The second kappa shape index (κ2) is 10.6. The molecule has 8 heteroatoms. The molecule has 7 nitrogen and oxygen atoms in total. The van der Waals surface area contributed by atoms with Gasteiger partial charge in [0.15, 0.2) is 17.5 Å². The second-order valence-electron chi connectivity index (χ2n) is 7.07. The van der Waals surface area contributed by atoms with Crippen molar-refractivity contribution >= 4 is 35.6 Å². The van der Waals surface area contributed by atoms with Crippen LogP contribution in [0, 0.1) is 0 Å². The summed E-state index contributed by atoms with van der Waals surface area (Å²) in [6.45, 7) is 4.79. The van der Waals surface area contributed by atoms with Gasteiger partial charge in [0.05, 0.1) is 19.3 Å². The number of piperazine rings is 1. The summed E-state index contributed by atoms with van der Waals surface area (Å²) in [4.78, 5) is 9.10. The highest BCUT2D eigenvalue weighted by Gasteiger charge is 2.24. The van der Waals surface area contributed by atoms with Crippen LogP contribution in [0.25, 0.3) is 0 Å². The van der Waals surface area contributed by atoms with Crippen molar-refractivity contribution in [2.24, 2.45) is 4.99 Å². The van der Waals surface area contributed by atoms with E-state index in [1.807, 2.05) is 43.4 Å². The average Bonchev–Trinajstić information content (AvgIpc) is 2.80. The fourth-order valence-electron chi connectivity index (χ4n) is 3.75. The highest BCUT2D eigenvalue weighted by Crippen LogP contribution is 2.31. The molecule has 2 aliphatic heterocycles. The highest BCUT2D eigenvalue weighted by molar-refractivity contribution is 14.0. The molecule has 1 fully saturated rings. The average molecular weight is 524 g/mol. The number of methoxy groups -OCH3 is 1. The third-order valence-corrected chi connectivity index (χ3v) is 5.27. The Labute approximate surface area is 195 Å². The maximum absolute atomic E-state index is 6.03. The number of hydrogen-bond acceptors (Lipinski definition) is 5. The molecular formula is C22H29IN4O3. The molecule has 1 saturated heterocycles. The fourth-order valence-corrected chi connectivity index (χ4v) is 3.75. The van der Waals surface area contributed by atoms with Crippen LogP contribution in [0.2, 0.25) is 0 Å². The van der Waals surface area contributed by atoms with Crippen LogP contribution in [0.15, 0.2) is 53.5 Å². The molecule has 4 rings (SSSR count). The number of ether oxygens (including phenoxy) is 3. The SMILES string of the molecule is CN=C(NCC1COc2ccccc2O1)N1CCN(c2ccccc2OC)CC1.I. The van der Waals surface area contributed by atoms with Gasteiger partial charge < -0.3 is 29.3 Å². The van der Waals surface area contributed by atoms with Crippen molar-refractivity contribution in [1.82, 2.24) is 10.2 Å². The first-order valence-corrected chi connectivity index (χ1v) is 10.0. The minimum absolute atomic E-state index is 0. The van der Waals surface area contributed by atoms with Gasteiger partial charge in [-0.3, -0.25) is 4.99 Å². The van der Waals surface area contributed by atoms with Crippen LogP contribution < -0.4 is 24.4 Å². The van der Waals surface area contributed by atoms with Gasteiger partial charge in [-0.05, 0) is 24.3 Å². The minimum Gasteiger partial charge on any atom is -0.495 e. The summed E-state index contributed by atoms with van der Waals surface area (Å²) >= 11 is 0. The van der Waals surface area contributed by atoms with E-state index in [-0.39, 0.29) is 30.1 Å². The second-order valence-corrected chi connectivity index (χ2v) is 7.07. The van der Waals surface area contributed by atoms with Crippen LogP contribution in [-0.4, -0.2) is 70.5 Å². The smallest absolute Gasteiger partial charge is 0.193 e. The van der Waals surface area contributed by atoms with Crippen LogP contribution in [-0.2, 0) is 0 Å². The summed E-state index contributed by atoms with van der Waals surface area (Å²) in [5.74, 6) is 3.41. The first-order chi connectivity index (χ1) is 14.3. The summed E-state index contributed by atoms with van der Waals surface area (Å²) in [5.41, 5.74) is 1.14. The molecule has 0 bridgehead atoms. The van der Waals surface area contributed by atoms with Crippen LogP contribution in [0.1, 0.15) is 0 Å². The fraction of sp³-hybridized carbons (Fsp3) is 0.409. The number of hydrogen-bond donors (Lipinski definition) is 1. The van der Waals surface area contributed by atoms with Crippen molar-refractivity contribution < 1.29 is 14.2 Å². The number of nitrogens with one attached hydrogen (secondary N) is 1. The Balaban J connectivity index is 0.00000256. The van der Waals surface area contributed by atoms with E-state index in [2.05, 4.69) is 32.2 Å². The monoisotopic (exact) mass is 524 g/mol. The van der Waals surface area contributed by atoms with Gasteiger partial charge in [-0.25, -0.2) is 0 Å². The molecule has 1 atom stereocenters. The lowest BCUT2D eigenvalue weighted by atomic mass is 10.2. The number of benzene rings is 2. The van der Waals surface area contributed by atoms with Gasteiger partial charge >= 0.3 is 0 Å². The van der Waals surface area contributed by atoms with E-state index in [0.717, 1.165) is 55.1 Å². The Morgan fingerprint density at radius 3 is 2.50 bits per heavy atom.